The van der Waals surface area contributed by atoms with Gasteiger partial charge in [-0.3, -0.25) is 0 Å². The summed E-state index contributed by atoms with van der Waals surface area (Å²) in [7, 11) is 0. The van der Waals surface area contributed by atoms with E-state index in [0.717, 1.165) is 12.0 Å². The van der Waals surface area contributed by atoms with Crippen LogP contribution >= 0.6 is 11.3 Å². The molecule has 1 aliphatic heterocycles. The van der Waals surface area contributed by atoms with Crippen LogP contribution in [0.4, 0.5) is 20.2 Å². The highest BCUT2D eigenvalue weighted by molar-refractivity contribution is 7.10. The SMILES string of the molecule is Nc1ccccc1C1c2sccc2CCN1c1ccccc1OC(F)F. The zero-order valence-corrected chi connectivity index (χ0v) is 14.8. The first-order valence-electron chi connectivity index (χ1n) is 8.36. The Kier molecular flexibility index (Phi) is 4.51. The van der Waals surface area contributed by atoms with Crippen LogP contribution in [0.1, 0.15) is 22.0 Å². The summed E-state index contributed by atoms with van der Waals surface area (Å²) >= 11 is 1.67. The van der Waals surface area contributed by atoms with Gasteiger partial charge in [-0.15, -0.1) is 11.3 Å². The zero-order chi connectivity index (χ0) is 18.1. The van der Waals surface area contributed by atoms with Crippen LogP contribution in [0.25, 0.3) is 0 Å². The number of nitrogens with two attached hydrogens (primary N) is 1. The van der Waals surface area contributed by atoms with E-state index in [4.69, 9.17) is 10.5 Å². The van der Waals surface area contributed by atoms with Crippen molar-refractivity contribution in [1.82, 2.24) is 0 Å². The number of nitrogen functional groups attached to an aromatic ring is 1. The van der Waals surface area contributed by atoms with Crippen molar-refractivity contribution in [3.8, 4) is 5.75 Å². The molecule has 0 amide bonds. The number of anilines is 2. The third kappa shape index (κ3) is 3.01. The van der Waals surface area contributed by atoms with Crippen LogP contribution in [0.5, 0.6) is 5.75 Å². The van der Waals surface area contributed by atoms with Crippen LogP contribution in [0.3, 0.4) is 0 Å². The van der Waals surface area contributed by atoms with Gasteiger partial charge in [-0.05, 0) is 41.6 Å². The summed E-state index contributed by atoms with van der Waals surface area (Å²) in [6, 6.07) is 16.7. The maximum Gasteiger partial charge on any atom is 0.387 e. The van der Waals surface area contributed by atoms with E-state index >= 15 is 0 Å². The number of thiophene rings is 1. The number of para-hydroxylation sites is 3. The lowest BCUT2D eigenvalue weighted by molar-refractivity contribution is -0.0495. The minimum absolute atomic E-state index is 0.123. The number of nitrogens with zero attached hydrogens (tertiary/aromatic N) is 1. The van der Waals surface area contributed by atoms with Gasteiger partial charge in [0.2, 0.25) is 0 Å². The lowest BCUT2D eigenvalue weighted by Crippen LogP contribution is -2.36. The molecule has 1 atom stereocenters. The molecule has 2 aromatic carbocycles. The Bertz CT molecular complexity index is 912. The van der Waals surface area contributed by atoms with Crippen LogP contribution in [0.2, 0.25) is 0 Å². The van der Waals surface area contributed by atoms with E-state index in [2.05, 4.69) is 16.3 Å². The molecule has 4 rings (SSSR count). The number of benzene rings is 2. The molecule has 0 saturated carbocycles. The van der Waals surface area contributed by atoms with E-state index in [9.17, 15) is 8.78 Å². The van der Waals surface area contributed by atoms with E-state index in [1.165, 1.54) is 10.4 Å². The number of hydrogen-bond donors (Lipinski definition) is 1. The van der Waals surface area contributed by atoms with Gasteiger partial charge in [0.1, 0.15) is 5.75 Å². The first-order chi connectivity index (χ1) is 12.6. The predicted molar refractivity (Wildman–Crippen MR) is 101 cm³/mol. The third-order valence-electron chi connectivity index (χ3n) is 4.64. The van der Waals surface area contributed by atoms with Gasteiger partial charge in [0.15, 0.2) is 0 Å². The second-order valence-corrected chi connectivity index (χ2v) is 7.08. The molecule has 134 valence electrons. The van der Waals surface area contributed by atoms with Gasteiger partial charge in [-0.1, -0.05) is 30.3 Å². The van der Waals surface area contributed by atoms with Crippen molar-refractivity contribution < 1.29 is 13.5 Å². The lowest BCUT2D eigenvalue weighted by Gasteiger charge is -2.39. The van der Waals surface area contributed by atoms with Crippen molar-refractivity contribution in [2.45, 2.75) is 19.1 Å². The highest BCUT2D eigenvalue weighted by atomic mass is 32.1. The number of alkyl halides is 2. The Balaban J connectivity index is 1.85. The van der Waals surface area contributed by atoms with Gasteiger partial charge in [0.05, 0.1) is 11.7 Å². The van der Waals surface area contributed by atoms with Crippen molar-refractivity contribution in [2.24, 2.45) is 0 Å². The highest BCUT2D eigenvalue weighted by Crippen LogP contribution is 2.45. The Labute approximate surface area is 154 Å². The molecule has 3 nitrogen and oxygen atoms in total. The molecule has 26 heavy (non-hydrogen) atoms. The van der Waals surface area contributed by atoms with Crippen LogP contribution in [-0.2, 0) is 6.42 Å². The van der Waals surface area contributed by atoms with Crippen LogP contribution < -0.4 is 15.4 Å². The fourth-order valence-electron chi connectivity index (χ4n) is 3.52. The summed E-state index contributed by atoms with van der Waals surface area (Å²) in [5.41, 5.74) is 9.87. The topological polar surface area (TPSA) is 38.5 Å². The first kappa shape index (κ1) is 16.8. The van der Waals surface area contributed by atoms with Crippen LogP contribution in [0.15, 0.2) is 60.0 Å². The summed E-state index contributed by atoms with van der Waals surface area (Å²) < 4.78 is 30.5. The summed E-state index contributed by atoms with van der Waals surface area (Å²) in [4.78, 5) is 3.31. The molecular weight excluding hydrogens is 354 g/mol. The Hall–Kier alpha value is -2.60. The lowest BCUT2D eigenvalue weighted by atomic mass is 9.93. The second kappa shape index (κ2) is 6.96. The molecule has 2 heterocycles. The number of halogens is 2. The van der Waals surface area contributed by atoms with Crippen LogP contribution in [0, 0.1) is 0 Å². The minimum atomic E-state index is -2.86. The van der Waals surface area contributed by atoms with Gasteiger partial charge in [-0.25, -0.2) is 0 Å². The summed E-state index contributed by atoms with van der Waals surface area (Å²) in [5, 5.41) is 2.07. The Morgan fingerprint density at radius 1 is 1.08 bits per heavy atom. The molecule has 1 aliphatic rings. The zero-order valence-electron chi connectivity index (χ0n) is 13.9. The van der Waals surface area contributed by atoms with Crippen molar-refractivity contribution in [3.63, 3.8) is 0 Å². The molecule has 0 bridgehead atoms. The molecule has 2 N–H and O–H groups in total. The average Bonchev–Trinajstić information content (AvgIpc) is 3.10. The van der Waals surface area contributed by atoms with Crippen molar-refractivity contribution in [1.29, 1.82) is 0 Å². The Morgan fingerprint density at radius 2 is 1.85 bits per heavy atom. The smallest absolute Gasteiger partial charge is 0.387 e. The van der Waals surface area contributed by atoms with E-state index in [1.54, 1.807) is 23.5 Å². The fraction of sp³-hybridized carbons (Fsp3) is 0.200. The largest absolute Gasteiger partial charge is 0.433 e. The van der Waals surface area contributed by atoms with Gasteiger partial charge in [0.25, 0.3) is 0 Å². The Morgan fingerprint density at radius 3 is 2.65 bits per heavy atom. The fourth-order valence-corrected chi connectivity index (χ4v) is 4.61. The van der Waals surface area contributed by atoms with Crippen LogP contribution in [-0.4, -0.2) is 13.2 Å². The van der Waals surface area contributed by atoms with E-state index in [1.807, 2.05) is 36.4 Å². The highest BCUT2D eigenvalue weighted by Gasteiger charge is 2.32. The van der Waals surface area contributed by atoms with Crippen molar-refractivity contribution in [2.75, 3.05) is 17.2 Å². The predicted octanol–water partition coefficient (Wildman–Crippen LogP) is 5.08. The summed E-state index contributed by atoms with van der Waals surface area (Å²) in [6.45, 7) is -2.16. The molecule has 3 aromatic rings. The van der Waals surface area contributed by atoms with E-state index in [0.29, 0.717) is 17.9 Å². The average molecular weight is 372 g/mol. The maximum atomic E-state index is 12.9. The van der Waals surface area contributed by atoms with Gasteiger partial charge < -0.3 is 15.4 Å². The van der Waals surface area contributed by atoms with Crippen molar-refractivity contribution in [3.05, 3.63) is 76.0 Å². The van der Waals surface area contributed by atoms with Gasteiger partial charge in [-0.2, -0.15) is 8.78 Å². The van der Waals surface area contributed by atoms with E-state index in [-0.39, 0.29) is 11.8 Å². The molecule has 0 saturated heterocycles. The summed E-state index contributed by atoms with van der Waals surface area (Å²) in [5.74, 6) is 0.182. The first-order valence-corrected chi connectivity index (χ1v) is 9.24. The summed E-state index contributed by atoms with van der Waals surface area (Å²) in [6.07, 6.45) is 0.852. The molecule has 0 spiro atoms. The quantitative estimate of drug-likeness (QED) is 0.649. The number of fused-ring (bicyclic) bond motifs is 1. The maximum absolute atomic E-state index is 12.9. The molecule has 1 unspecified atom stereocenters. The normalized spacial score (nSPS) is 16.6. The molecule has 0 fully saturated rings. The molecule has 6 heteroatoms. The monoisotopic (exact) mass is 372 g/mol. The van der Waals surface area contributed by atoms with E-state index < -0.39 is 6.61 Å². The third-order valence-corrected chi connectivity index (χ3v) is 5.66. The molecular formula is C20H18F2N2OS. The minimum Gasteiger partial charge on any atom is -0.433 e. The van der Waals surface area contributed by atoms with Gasteiger partial charge >= 0.3 is 6.61 Å². The number of hydrogen-bond acceptors (Lipinski definition) is 4. The molecule has 1 aromatic heterocycles. The second-order valence-electron chi connectivity index (χ2n) is 6.13. The number of ether oxygens (including phenoxy) is 1. The van der Waals surface area contributed by atoms with Crippen molar-refractivity contribution >= 4 is 22.7 Å². The molecule has 0 aliphatic carbocycles. The standard InChI is InChI=1S/C20H18F2N2OS/c21-20(22)25-17-8-4-3-7-16(17)24-11-9-13-10-12-26-19(13)18(24)14-5-1-2-6-15(14)23/h1-8,10,12,18,20H,9,11,23H2. The van der Waals surface area contributed by atoms with Gasteiger partial charge in [0, 0.05) is 22.7 Å². The molecule has 0 radical (unpaired) electrons. The number of rotatable bonds is 4.